The van der Waals surface area contributed by atoms with E-state index in [1.165, 1.54) is 13.4 Å². The Morgan fingerprint density at radius 2 is 2.29 bits per heavy atom. The molecular weight excluding hydrogens is 220 g/mol. The monoisotopic (exact) mass is 240 g/mol. The van der Waals surface area contributed by atoms with Gasteiger partial charge in [-0.15, -0.1) is 0 Å². The second-order valence-electron chi connectivity index (χ2n) is 3.81. The highest BCUT2D eigenvalue weighted by molar-refractivity contribution is 5.66. The van der Waals surface area contributed by atoms with E-state index >= 15 is 0 Å². The van der Waals surface area contributed by atoms with E-state index in [0.29, 0.717) is 23.3 Å². The van der Waals surface area contributed by atoms with Crippen LogP contribution in [0, 0.1) is 5.92 Å². The van der Waals surface area contributed by atoms with E-state index in [-0.39, 0.29) is 6.61 Å². The van der Waals surface area contributed by atoms with Crippen molar-refractivity contribution in [3.05, 3.63) is 6.33 Å². The quantitative estimate of drug-likeness (QED) is 0.655. The third-order valence-corrected chi connectivity index (χ3v) is 2.71. The van der Waals surface area contributed by atoms with Crippen molar-refractivity contribution in [1.29, 1.82) is 0 Å². The third kappa shape index (κ3) is 3.74. The molecule has 0 aromatic carbocycles. The van der Waals surface area contributed by atoms with Gasteiger partial charge in [-0.3, -0.25) is 0 Å². The molecule has 0 radical (unpaired) electrons. The number of aliphatic hydroxyl groups is 1. The zero-order valence-corrected chi connectivity index (χ0v) is 10.3. The molecule has 0 saturated heterocycles. The van der Waals surface area contributed by atoms with Crippen molar-refractivity contribution in [2.45, 2.75) is 19.8 Å². The number of ether oxygens (including phenoxy) is 1. The molecule has 0 fully saturated rings. The van der Waals surface area contributed by atoms with Crippen LogP contribution in [0.15, 0.2) is 6.33 Å². The first-order valence-electron chi connectivity index (χ1n) is 5.72. The molecule has 4 N–H and O–H groups in total. The second kappa shape index (κ2) is 6.90. The Morgan fingerprint density at radius 3 is 2.88 bits per heavy atom. The van der Waals surface area contributed by atoms with Gasteiger partial charge in [0.25, 0.3) is 0 Å². The van der Waals surface area contributed by atoms with Crippen molar-refractivity contribution in [3.8, 4) is 5.88 Å². The van der Waals surface area contributed by atoms with Gasteiger partial charge in [0, 0.05) is 13.2 Å². The van der Waals surface area contributed by atoms with Crippen molar-refractivity contribution in [2.24, 2.45) is 5.92 Å². The maximum absolute atomic E-state index is 8.90. The van der Waals surface area contributed by atoms with E-state index in [9.17, 15) is 0 Å². The average Bonchev–Trinajstić information content (AvgIpc) is 2.36. The zero-order chi connectivity index (χ0) is 12.7. The predicted octanol–water partition coefficient (Wildman–Crippen LogP) is 0.888. The fourth-order valence-corrected chi connectivity index (χ4v) is 1.56. The first kappa shape index (κ1) is 13.5. The minimum Gasteiger partial charge on any atom is -0.479 e. The number of nitrogens with two attached hydrogens (primary N) is 1. The summed E-state index contributed by atoms with van der Waals surface area (Å²) in [6.07, 6.45) is 3.17. The number of hydrogen-bond donors (Lipinski definition) is 3. The molecule has 0 aliphatic rings. The lowest BCUT2D eigenvalue weighted by Crippen LogP contribution is -2.17. The van der Waals surface area contributed by atoms with Crippen LogP contribution in [0.5, 0.6) is 5.88 Å². The summed E-state index contributed by atoms with van der Waals surface area (Å²) in [5.74, 6) is 1.35. The maximum atomic E-state index is 8.90. The number of rotatable bonds is 7. The summed E-state index contributed by atoms with van der Waals surface area (Å²) in [4.78, 5) is 7.97. The van der Waals surface area contributed by atoms with Crippen LogP contribution in [0.1, 0.15) is 19.8 Å². The van der Waals surface area contributed by atoms with Crippen LogP contribution in [0.25, 0.3) is 0 Å². The summed E-state index contributed by atoms with van der Waals surface area (Å²) in [5, 5.41) is 12.1. The van der Waals surface area contributed by atoms with E-state index in [2.05, 4.69) is 22.2 Å². The molecule has 1 aromatic heterocycles. The van der Waals surface area contributed by atoms with E-state index in [1.54, 1.807) is 0 Å². The third-order valence-electron chi connectivity index (χ3n) is 2.71. The number of nitrogen functional groups attached to an aromatic ring is 1. The normalized spacial score (nSPS) is 12.2. The SMILES string of the molecule is CCC(CCO)CNc1ncnc(OC)c1N. The lowest BCUT2D eigenvalue weighted by molar-refractivity contribution is 0.258. The van der Waals surface area contributed by atoms with E-state index < -0.39 is 0 Å². The number of nitrogens with zero attached hydrogens (tertiary/aromatic N) is 2. The van der Waals surface area contributed by atoms with Crippen LogP contribution >= 0.6 is 0 Å². The van der Waals surface area contributed by atoms with Gasteiger partial charge >= 0.3 is 0 Å². The lowest BCUT2D eigenvalue weighted by atomic mass is 10.0. The topological polar surface area (TPSA) is 93.3 Å². The number of aromatic nitrogens is 2. The van der Waals surface area contributed by atoms with Gasteiger partial charge in [-0.1, -0.05) is 13.3 Å². The number of hydrogen-bond acceptors (Lipinski definition) is 6. The van der Waals surface area contributed by atoms with Crippen LogP contribution in [0.3, 0.4) is 0 Å². The molecule has 1 atom stereocenters. The summed E-state index contributed by atoms with van der Waals surface area (Å²) < 4.78 is 5.01. The molecule has 0 aliphatic carbocycles. The van der Waals surface area contributed by atoms with Gasteiger partial charge in [0.05, 0.1) is 7.11 Å². The molecule has 0 aliphatic heterocycles. The molecule has 1 aromatic rings. The van der Waals surface area contributed by atoms with Crippen molar-refractivity contribution in [2.75, 3.05) is 31.3 Å². The molecule has 1 heterocycles. The molecular formula is C11H20N4O2. The van der Waals surface area contributed by atoms with Gasteiger partial charge in [0.15, 0.2) is 5.82 Å². The van der Waals surface area contributed by atoms with E-state index in [1.807, 2.05) is 0 Å². The zero-order valence-electron chi connectivity index (χ0n) is 10.3. The first-order valence-corrected chi connectivity index (χ1v) is 5.72. The Bertz CT molecular complexity index is 346. The van der Waals surface area contributed by atoms with Crippen molar-refractivity contribution in [3.63, 3.8) is 0 Å². The molecule has 6 heteroatoms. The number of nitrogens with one attached hydrogen (secondary N) is 1. The van der Waals surface area contributed by atoms with Gasteiger partial charge in [-0.05, 0) is 12.3 Å². The molecule has 0 saturated carbocycles. The Balaban J connectivity index is 2.62. The molecule has 0 spiro atoms. The smallest absolute Gasteiger partial charge is 0.242 e. The second-order valence-corrected chi connectivity index (χ2v) is 3.81. The number of aliphatic hydroxyl groups excluding tert-OH is 1. The highest BCUT2D eigenvalue weighted by Crippen LogP contribution is 2.24. The minimum atomic E-state index is 0.197. The summed E-state index contributed by atoms with van der Waals surface area (Å²) in [5.41, 5.74) is 6.24. The largest absolute Gasteiger partial charge is 0.479 e. The van der Waals surface area contributed by atoms with Gasteiger partial charge in [0.2, 0.25) is 5.88 Å². The van der Waals surface area contributed by atoms with Crippen molar-refractivity contribution >= 4 is 11.5 Å². The Labute approximate surface area is 101 Å². The summed E-state index contributed by atoms with van der Waals surface area (Å²) >= 11 is 0. The molecule has 96 valence electrons. The summed E-state index contributed by atoms with van der Waals surface area (Å²) in [6, 6.07) is 0. The summed E-state index contributed by atoms with van der Waals surface area (Å²) in [6.45, 7) is 3.01. The Morgan fingerprint density at radius 1 is 1.53 bits per heavy atom. The van der Waals surface area contributed by atoms with Crippen molar-refractivity contribution < 1.29 is 9.84 Å². The fraction of sp³-hybridized carbons (Fsp3) is 0.636. The predicted molar refractivity (Wildman–Crippen MR) is 67.0 cm³/mol. The Kier molecular flexibility index (Phi) is 5.48. The van der Waals surface area contributed by atoms with Crippen LogP contribution in [0.4, 0.5) is 11.5 Å². The van der Waals surface area contributed by atoms with Gasteiger partial charge in [-0.2, -0.15) is 4.98 Å². The van der Waals surface area contributed by atoms with Crippen LogP contribution < -0.4 is 15.8 Å². The van der Waals surface area contributed by atoms with Crippen molar-refractivity contribution in [1.82, 2.24) is 9.97 Å². The Hall–Kier alpha value is -1.56. The van der Waals surface area contributed by atoms with Crippen LogP contribution in [0.2, 0.25) is 0 Å². The highest BCUT2D eigenvalue weighted by atomic mass is 16.5. The number of anilines is 2. The van der Waals surface area contributed by atoms with E-state index in [0.717, 1.165) is 19.4 Å². The minimum absolute atomic E-state index is 0.197. The maximum Gasteiger partial charge on any atom is 0.242 e. The first-order chi connectivity index (χ1) is 8.22. The molecule has 1 rings (SSSR count). The number of methoxy groups -OCH3 is 1. The van der Waals surface area contributed by atoms with E-state index in [4.69, 9.17) is 15.6 Å². The van der Waals surface area contributed by atoms with Crippen LogP contribution in [-0.2, 0) is 0 Å². The van der Waals surface area contributed by atoms with Gasteiger partial charge in [0.1, 0.15) is 12.0 Å². The molecule has 0 amide bonds. The highest BCUT2D eigenvalue weighted by Gasteiger charge is 2.10. The summed E-state index contributed by atoms with van der Waals surface area (Å²) in [7, 11) is 1.52. The van der Waals surface area contributed by atoms with Gasteiger partial charge < -0.3 is 20.9 Å². The fourth-order valence-electron chi connectivity index (χ4n) is 1.56. The molecule has 1 unspecified atom stereocenters. The lowest BCUT2D eigenvalue weighted by Gasteiger charge is -2.16. The molecule has 17 heavy (non-hydrogen) atoms. The van der Waals surface area contributed by atoms with Crippen LogP contribution in [-0.4, -0.2) is 35.3 Å². The molecule has 6 nitrogen and oxygen atoms in total. The average molecular weight is 240 g/mol. The van der Waals surface area contributed by atoms with Gasteiger partial charge in [-0.25, -0.2) is 4.98 Å². The molecule has 0 bridgehead atoms. The standard InChI is InChI=1S/C11H20N4O2/c1-3-8(4-5-16)6-13-10-9(12)11(17-2)15-7-14-10/h7-8,16H,3-6,12H2,1-2H3,(H,13,14,15).